The van der Waals surface area contributed by atoms with Crippen molar-refractivity contribution in [3.8, 4) is 11.3 Å². The van der Waals surface area contributed by atoms with E-state index < -0.39 is 0 Å². The Kier molecular flexibility index (Phi) is 6.24. The van der Waals surface area contributed by atoms with Gasteiger partial charge in [0.1, 0.15) is 0 Å². The molecule has 0 radical (unpaired) electrons. The van der Waals surface area contributed by atoms with Crippen molar-refractivity contribution >= 4 is 0 Å². The maximum absolute atomic E-state index is 4.24. The second kappa shape index (κ2) is 8.81. The van der Waals surface area contributed by atoms with E-state index in [9.17, 15) is 0 Å². The number of rotatable bonds is 8. The third-order valence-electron chi connectivity index (χ3n) is 4.87. The van der Waals surface area contributed by atoms with Crippen LogP contribution in [0.1, 0.15) is 30.0 Å². The third kappa shape index (κ3) is 5.06. The van der Waals surface area contributed by atoms with Gasteiger partial charge in [0.25, 0.3) is 0 Å². The molecule has 0 aliphatic carbocycles. The molecule has 2 aromatic carbocycles. The Hall–Kier alpha value is -2.39. The Bertz CT molecular complexity index is 800. The highest BCUT2D eigenvalue weighted by molar-refractivity contribution is 5.59. The summed E-state index contributed by atoms with van der Waals surface area (Å²) in [5.74, 6) is 0. The van der Waals surface area contributed by atoms with Gasteiger partial charge in [-0.2, -0.15) is 5.10 Å². The Morgan fingerprint density at radius 1 is 0.962 bits per heavy atom. The molecule has 0 aliphatic heterocycles. The van der Waals surface area contributed by atoms with Crippen molar-refractivity contribution < 1.29 is 0 Å². The van der Waals surface area contributed by atoms with Gasteiger partial charge in [0.15, 0.2) is 0 Å². The zero-order chi connectivity index (χ0) is 18.4. The van der Waals surface area contributed by atoms with Crippen molar-refractivity contribution in [2.45, 2.75) is 39.2 Å². The van der Waals surface area contributed by atoms with E-state index in [1.54, 1.807) is 0 Å². The van der Waals surface area contributed by atoms with Gasteiger partial charge in [-0.1, -0.05) is 54.1 Å². The Labute approximate surface area is 157 Å². The van der Waals surface area contributed by atoms with Crippen LogP contribution in [0.4, 0.5) is 0 Å². The van der Waals surface area contributed by atoms with E-state index >= 15 is 0 Å². The van der Waals surface area contributed by atoms with Crippen molar-refractivity contribution in [1.29, 1.82) is 0 Å². The second-order valence-electron chi connectivity index (χ2n) is 7.19. The molecule has 0 saturated carbocycles. The fourth-order valence-electron chi connectivity index (χ4n) is 3.29. The van der Waals surface area contributed by atoms with E-state index in [2.05, 4.69) is 72.8 Å². The lowest BCUT2D eigenvalue weighted by molar-refractivity contribution is 0.534. The van der Waals surface area contributed by atoms with Crippen LogP contribution in [0.25, 0.3) is 11.3 Å². The zero-order valence-corrected chi connectivity index (χ0v) is 16.1. The molecule has 1 N–H and O–H groups in total. The van der Waals surface area contributed by atoms with Crippen LogP contribution in [0.2, 0.25) is 0 Å². The van der Waals surface area contributed by atoms with Gasteiger partial charge in [0.05, 0.1) is 5.69 Å². The summed E-state index contributed by atoms with van der Waals surface area (Å²) in [7, 11) is 1.98. The number of benzene rings is 2. The molecule has 3 aromatic rings. The van der Waals surface area contributed by atoms with E-state index in [4.69, 9.17) is 0 Å². The summed E-state index contributed by atoms with van der Waals surface area (Å²) in [5.41, 5.74) is 6.50. The minimum absolute atomic E-state index is 0.505. The number of nitrogens with one attached hydrogen (secondary N) is 1. The first-order chi connectivity index (χ1) is 12.6. The summed E-state index contributed by atoms with van der Waals surface area (Å²) in [6.45, 7) is 5.45. The summed E-state index contributed by atoms with van der Waals surface area (Å²) >= 11 is 0. The zero-order valence-electron chi connectivity index (χ0n) is 16.1. The molecule has 0 bridgehead atoms. The average molecular weight is 348 g/mol. The SMILES string of the molecule is Cc1ccc(CC(C)NCCCc2ccc(-c3ccnn3C)cc2)cc1. The van der Waals surface area contributed by atoms with E-state index in [1.165, 1.54) is 22.3 Å². The van der Waals surface area contributed by atoms with Gasteiger partial charge in [-0.25, -0.2) is 0 Å². The van der Waals surface area contributed by atoms with E-state index in [0.29, 0.717) is 6.04 Å². The van der Waals surface area contributed by atoms with Crippen LogP contribution in [0, 0.1) is 6.92 Å². The molecule has 0 spiro atoms. The van der Waals surface area contributed by atoms with Gasteiger partial charge in [0.2, 0.25) is 0 Å². The summed E-state index contributed by atoms with van der Waals surface area (Å²) < 4.78 is 1.91. The minimum atomic E-state index is 0.505. The molecule has 1 aromatic heterocycles. The summed E-state index contributed by atoms with van der Waals surface area (Å²) in [6, 6.07) is 20.3. The quantitative estimate of drug-likeness (QED) is 0.606. The Morgan fingerprint density at radius 3 is 2.31 bits per heavy atom. The van der Waals surface area contributed by atoms with E-state index in [1.807, 2.05) is 24.0 Å². The first-order valence-electron chi connectivity index (χ1n) is 9.48. The van der Waals surface area contributed by atoms with E-state index in [-0.39, 0.29) is 0 Å². The lowest BCUT2D eigenvalue weighted by atomic mass is 10.0. The van der Waals surface area contributed by atoms with Gasteiger partial charge in [-0.15, -0.1) is 0 Å². The molecule has 26 heavy (non-hydrogen) atoms. The number of aryl methyl sites for hydroxylation is 3. The van der Waals surface area contributed by atoms with Gasteiger partial charge < -0.3 is 5.32 Å². The lowest BCUT2D eigenvalue weighted by Crippen LogP contribution is -2.29. The topological polar surface area (TPSA) is 29.9 Å². The van der Waals surface area contributed by atoms with Crippen molar-refractivity contribution in [1.82, 2.24) is 15.1 Å². The van der Waals surface area contributed by atoms with Gasteiger partial charge in [-0.3, -0.25) is 4.68 Å². The monoisotopic (exact) mass is 347 g/mol. The van der Waals surface area contributed by atoms with Gasteiger partial charge in [0, 0.05) is 19.3 Å². The molecule has 3 nitrogen and oxygen atoms in total. The summed E-state index contributed by atoms with van der Waals surface area (Å²) in [4.78, 5) is 0. The van der Waals surface area contributed by atoms with Crippen LogP contribution < -0.4 is 5.32 Å². The standard InChI is InChI=1S/C23H29N3/c1-18-6-8-21(9-7-18)17-19(2)24-15-4-5-20-10-12-22(13-11-20)23-14-16-25-26(23)3/h6-14,16,19,24H,4-5,15,17H2,1-3H3. The highest BCUT2D eigenvalue weighted by Crippen LogP contribution is 2.19. The van der Waals surface area contributed by atoms with Gasteiger partial charge in [-0.05, 0) is 62.4 Å². The summed E-state index contributed by atoms with van der Waals surface area (Å²) in [6.07, 6.45) is 5.19. The molecule has 136 valence electrons. The molecule has 0 fully saturated rings. The van der Waals surface area contributed by atoms with E-state index in [0.717, 1.165) is 31.5 Å². The predicted molar refractivity (Wildman–Crippen MR) is 109 cm³/mol. The third-order valence-corrected chi connectivity index (χ3v) is 4.87. The van der Waals surface area contributed by atoms with Crippen LogP contribution in [0.3, 0.4) is 0 Å². The van der Waals surface area contributed by atoms with Crippen LogP contribution in [-0.2, 0) is 19.9 Å². The lowest BCUT2D eigenvalue weighted by Gasteiger charge is -2.14. The molecular formula is C23H29N3. The van der Waals surface area contributed by atoms with Crippen LogP contribution in [0.15, 0.2) is 60.8 Å². The molecule has 1 atom stereocenters. The van der Waals surface area contributed by atoms with Crippen LogP contribution >= 0.6 is 0 Å². The fourth-order valence-corrected chi connectivity index (χ4v) is 3.29. The van der Waals surface area contributed by atoms with Crippen LogP contribution in [-0.4, -0.2) is 22.4 Å². The first kappa shape index (κ1) is 18.4. The number of nitrogens with zero attached hydrogens (tertiary/aromatic N) is 2. The van der Waals surface area contributed by atoms with Crippen molar-refractivity contribution in [2.24, 2.45) is 7.05 Å². The van der Waals surface area contributed by atoms with Gasteiger partial charge >= 0.3 is 0 Å². The molecule has 1 unspecified atom stereocenters. The normalized spacial score (nSPS) is 12.3. The number of hydrogen-bond donors (Lipinski definition) is 1. The number of hydrogen-bond acceptors (Lipinski definition) is 2. The molecule has 3 heteroatoms. The largest absolute Gasteiger partial charge is 0.314 e. The van der Waals surface area contributed by atoms with Crippen LogP contribution in [0.5, 0.6) is 0 Å². The molecule has 1 heterocycles. The highest BCUT2D eigenvalue weighted by atomic mass is 15.2. The second-order valence-corrected chi connectivity index (χ2v) is 7.19. The van der Waals surface area contributed by atoms with Crippen molar-refractivity contribution in [3.05, 3.63) is 77.5 Å². The Balaban J connectivity index is 1.40. The molecule has 0 amide bonds. The fraction of sp³-hybridized carbons (Fsp3) is 0.348. The maximum atomic E-state index is 4.24. The first-order valence-corrected chi connectivity index (χ1v) is 9.48. The Morgan fingerprint density at radius 2 is 1.65 bits per heavy atom. The molecular weight excluding hydrogens is 318 g/mol. The average Bonchev–Trinajstić information content (AvgIpc) is 3.07. The highest BCUT2D eigenvalue weighted by Gasteiger charge is 2.04. The molecule has 0 aliphatic rings. The predicted octanol–water partition coefficient (Wildman–Crippen LogP) is 4.55. The molecule has 0 saturated heterocycles. The van der Waals surface area contributed by atoms with Crippen molar-refractivity contribution in [2.75, 3.05) is 6.54 Å². The smallest absolute Gasteiger partial charge is 0.0678 e. The maximum Gasteiger partial charge on any atom is 0.0678 e. The minimum Gasteiger partial charge on any atom is -0.314 e. The molecule has 3 rings (SSSR count). The summed E-state index contributed by atoms with van der Waals surface area (Å²) in [5, 5.41) is 7.88. The number of aromatic nitrogens is 2. The van der Waals surface area contributed by atoms with Crippen molar-refractivity contribution in [3.63, 3.8) is 0 Å².